The Labute approximate surface area is 86.9 Å². The van der Waals surface area contributed by atoms with E-state index in [0.29, 0.717) is 22.4 Å². The fourth-order valence-electron chi connectivity index (χ4n) is 0.909. The molecule has 0 N–H and O–H groups in total. The van der Waals surface area contributed by atoms with Gasteiger partial charge in [-0.05, 0) is 13.3 Å². The summed E-state index contributed by atoms with van der Waals surface area (Å²) in [6.07, 6.45) is 0.820. The van der Waals surface area contributed by atoms with Gasteiger partial charge in [0.25, 0.3) is 5.19 Å². The highest BCUT2D eigenvalue weighted by atomic mass is 32.1. The lowest BCUT2D eigenvalue weighted by Gasteiger charge is -1.99. The molecule has 1 heterocycles. The van der Waals surface area contributed by atoms with E-state index in [0.717, 1.165) is 6.42 Å². The molecule has 0 aliphatic rings. The zero-order valence-corrected chi connectivity index (χ0v) is 9.31. The summed E-state index contributed by atoms with van der Waals surface area (Å²) in [5.41, 5.74) is 0.660. The van der Waals surface area contributed by atoms with Crippen molar-refractivity contribution in [2.24, 2.45) is 0 Å². The molecule has 0 atom stereocenters. The molecule has 1 aromatic heterocycles. The number of carbonyl (C=O) groups is 1. The van der Waals surface area contributed by atoms with Crippen molar-refractivity contribution in [1.29, 1.82) is 0 Å². The second-order valence-electron chi connectivity index (χ2n) is 2.73. The minimum absolute atomic E-state index is 0.315. The van der Waals surface area contributed by atoms with Crippen molar-refractivity contribution in [3.05, 3.63) is 10.6 Å². The summed E-state index contributed by atoms with van der Waals surface area (Å²) in [5, 5.41) is 0.492. The normalized spacial score (nSPS) is 9.93. The largest absolute Gasteiger partial charge is 0.473 e. The SMILES string of the molecule is CCCOC(=O)c1sc(OC)nc1C. The second kappa shape index (κ2) is 4.95. The van der Waals surface area contributed by atoms with Crippen LogP contribution in [0.2, 0.25) is 0 Å². The van der Waals surface area contributed by atoms with Crippen LogP contribution in [-0.4, -0.2) is 24.7 Å². The van der Waals surface area contributed by atoms with Crippen LogP contribution in [0.25, 0.3) is 0 Å². The van der Waals surface area contributed by atoms with Crippen LogP contribution in [0.15, 0.2) is 0 Å². The number of nitrogens with zero attached hydrogens (tertiary/aromatic N) is 1. The number of ether oxygens (including phenoxy) is 2. The van der Waals surface area contributed by atoms with E-state index in [4.69, 9.17) is 9.47 Å². The molecule has 1 aromatic rings. The first-order valence-corrected chi connectivity index (χ1v) is 5.19. The van der Waals surface area contributed by atoms with E-state index in [1.807, 2.05) is 6.92 Å². The van der Waals surface area contributed by atoms with Gasteiger partial charge < -0.3 is 9.47 Å². The lowest BCUT2D eigenvalue weighted by molar-refractivity contribution is 0.0510. The number of methoxy groups -OCH3 is 1. The third kappa shape index (κ3) is 2.45. The monoisotopic (exact) mass is 215 g/mol. The van der Waals surface area contributed by atoms with Gasteiger partial charge in [0.2, 0.25) is 0 Å². The maximum atomic E-state index is 11.4. The highest BCUT2D eigenvalue weighted by Gasteiger charge is 2.16. The summed E-state index contributed by atoms with van der Waals surface area (Å²) >= 11 is 1.21. The minimum atomic E-state index is -0.315. The van der Waals surface area contributed by atoms with Crippen molar-refractivity contribution in [3.63, 3.8) is 0 Å². The molecule has 0 saturated carbocycles. The van der Waals surface area contributed by atoms with Gasteiger partial charge in [-0.25, -0.2) is 9.78 Å². The number of thiazole rings is 1. The van der Waals surface area contributed by atoms with Gasteiger partial charge in [0.1, 0.15) is 4.88 Å². The van der Waals surface area contributed by atoms with Crippen molar-refractivity contribution < 1.29 is 14.3 Å². The summed E-state index contributed by atoms with van der Waals surface area (Å²) in [6, 6.07) is 0. The number of rotatable bonds is 4. The molecule has 14 heavy (non-hydrogen) atoms. The highest BCUT2D eigenvalue weighted by Crippen LogP contribution is 2.24. The smallest absolute Gasteiger partial charge is 0.350 e. The van der Waals surface area contributed by atoms with E-state index < -0.39 is 0 Å². The van der Waals surface area contributed by atoms with Gasteiger partial charge in [-0.2, -0.15) is 0 Å². The van der Waals surface area contributed by atoms with E-state index >= 15 is 0 Å². The quantitative estimate of drug-likeness (QED) is 0.721. The fraction of sp³-hybridized carbons (Fsp3) is 0.556. The number of hydrogen-bond donors (Lipinski definition) is 0. The maximum Gasteiger partial charge on any atom is 0.350 e. The Morgan fingerprint density at radius 3 is 2.79 bits per heavy atom. The first-order valence-electron chi connectivity index (χ1n) is 4.37. The molecule has 78 valence electrons. The molecule has 0 bridgehead atoms. The predicted octanol–water partition coefficient (Wildman–Crippen LogP) is 2.03. The minimum Gasteiger partial charge on any atom is -0.473 e. The molecule has 0 aliphatic heterocycles. The van der Waals surface area contributed by atoms with E-state index in [1.165, 1.54) is 18.4 Å². The van der Waals surface area contributed by atoms with Crippen LogP contribution in [0.3, 0.4) is 0 Å². The maximum absolute atomic E-state index is 11.4. The Morgan fingerprint density at radius 2 is 2.29 bits per heavy atom. The van der Waals surface area contributed by atoms with E-state index in [9.17, 15) is 4.79 Å². The van der Waals surface area contributed by atoms with Crippen LogP contribution in [-0.2, 0) is 4.74 Å². The zero-order valence-electron chi connectivity index (χ0n) is 8.49. The van der Waals surface area contributed by atoms with Crippen LogP contribution in [0.4, 0.5) is 0 Å². The van der Waals surface area contributed by atoms with Crippen molar-refractivity contribution in [3.8, 4) is 5.19 Å². The summed E-state index contributed by atoms with van der Waals surface area (Å²) < 4.78 is 9.92. The third-order valence-corrected chi connectivity index (χ3v) is 2.67. The van der Waals surface area contributed by atoms with E-state index in [-0.39, 0.29) is 5.97 Å². The van der Waals surface area contributed by atoms with Gasteiger partial charge in [0, 0.05) is 0 Å². The van der Waals surface area contributed by atoms with E-state index in [1.54, 1.807) is 6.92 Å². The Balaban J connectivity index is 2.73. The summed E-state index contributed by atoms with van der Waals surface area (Å²) in [4.78, 5) is 16.0. The Hall–Kier alpha value is -1.10. The Kier molecular flexibility index (Phi) is 3.88. The van der Waals surface area contributed by atoms with Crippen molar-refractivity contribution in [1.82, 2.24) is 4.98 Å². The number of aromatic nitrogens is 1. The molecular formula is C9H13NO3S. The van der Waals surface area contributed by atoms with Crippen molar-refractivity contribution in [2.75, 3.05) is 13.7 Å². The lowest BCUT2D eigenvalue weighted by Crippen LogP contribution is -2.05. The van der Waals surface area contributed by atoms with Crippen LogP contribution in [0.1, 0.15) is 28.7 Å². The number of carbonyl (C=O) groups excluding carboxylic acids is 1. The second-order valence-corrected chi connectivity index (χ2v) is 3.70. The first kappa shape index (κ1) is 11.0. The topological polar surface area (TPSA) is 48.4 Å². The first-order chi connectivity index (χ1) is 6.69. The van der Waals surface area contributed by atoms with Gasteiger partial charge in [-0.1, -0.05) is 18.3 Å². The Morgan fingerprint density at radius 1 is 1.57 bits per heavy atom. The molecule has 0 radical (unpaired) electrons. The standard InChI is InChI=1S/C9H13NO3S/c1-4-5-13-8(11)7-6(2)10-9(12-3)14-7/h4-5H2,1-3H3. The molecule has 0 unspecified atom stereocenters. The molecule has 1 rings (SSSR count). The molecule has 4 nitrogen and oxygen atoms in total. The molecule has 0 saturated heterocycles. The summed E-state index contributed by atoms with van der Waals surface area (Å²) in [7, 11) is 1.53. The van der Waals surface area contributed by atoms with Crippen molar-refractivity contribution in [2.45, 2.75) is 20.3 Å². The predicted molar refractivity (Wildman–Crippen MR) is 54.0 cm³/mol. The zero-order chi connectivity index (χ0) is 10.6. The van der Waals surface area contributed by atoms with Gasteiger partial charge in [-0.15, -0.1) is 0 Å². The van der Waals surface area contributed by atoms with Crippen LogP contribution >= 0.6 is 11.3 Å². The molecule has 5 heteroatoms. The summed E-state index contributed by atoms with van der Waals surface area (Å²) in [6.45, 7) is 4.16. The Bertz CT molecular complexity index is 322. The highest BCUT2D eigenvalue weighted by molar-refractivity contribution is 7.15. The van der Waals surface area contributed by atoms with Crippen LogP contribution in [0, 0.1) is 6.92 Å². The van der Waals surface area contributed by atoms with Gasteiger partial charge in [-0.3, -0.25) is 0 Å². The van der Waals surface area contributed by atoms with Crippen molar-refractivity contribution >= 4 is 17.3 Å². The molecule has 0 aromatic carbocycles. The molecule has 0 amide bonds. The van der Waals surface area contributed by atoms with Crippen LogP contribution in [0.5, 0.6) is 5.19 Å². The van der Waals surface area contributed by atoms with E-state index in [2.05, 4.69) is 4.98 Å². The number of hydrogen-bond acceptors (Lipinski definition) is 5. The molecule has 0 aliphatic carbocycles. The average molecular weight is 215 g/mol. The van der Waals surface area contributed by atoms with Gasteiger partial charge in [0.15, 0.2) is 0 Å². The lowest BCUT2D eigenvalue weighted by atomic mass is 10.4. The fourth-order valence-corrected chi connectivity index (χ4v) is 1.68. The van der Waals surface area contributed by atoms with Gasteiger partial charge >= 0.3 is 5.97 Å². The third-order valence-electron chi connectivity index (χ3n) is 1.57. The average Bonchev–Trinajstić information content (AvgIpc) is 2.56. The van der Waals surface area contributed by atoms with Crippen LogP contribution < -0.4 is 4.74 Å². The summed E-state index contributed by atoms with van der Waals surface area (Å²) in [5.74, 6) is -0.315. The number of aryl methyl sites for hydroxylation is 1. The van der Waals surface area contributed by atoms with Gasteiger partial charge in [0.05, 0.1) is 19.4 Å². The molecule has 0 fully saturated rings. The molecule has 0 spiro atoms. The number of esters is 1. The molecular weight excluding hydrogens is 202 g/mol.